The predicted molar refractivity (Wildman–Crippen MR) is 106 cm³/mol. The van der Waals surface area contributed by atoms with Crippen molar-refractivity contribution in [2.75, 3.05) is 16.8 Å². The summed E-state index contributed by atoms with van der Waals surface area (Å²) >= 11 is 6.32. The second-order valence-corrected chi connectivity index (χ2v) is 7.20. The molecule has 0 saturated carbocycles. The van der Waals surface area contributed by atoms with Gasteiger partial charge >= 0.3 is 0 Å². The van der Waals surface area contributed by atoms with Crippen LogP contribution in [0.4, 0.5) is 11.4 Å². The van der Waals surface area contributed by atoms with Gasteiger partial charge in [-0.15, -0.1) is 0 Å². The van der Waals surface area contributed by atoms with Gasteiger partial charge in [0.05, 0.1) is 10.7 Å². The van der Waals surface area contributed by atoms with Gasteiger partial charge in [0, 0.05) is 25.1 Å². The average molecular weight is 371 g/mol. The molecule has 136 valence electrons. The molecule has 2 aromatic rings. The Morgan fingerprint density at radius 1 is 1.19 bits per heavy atom. The molecule has 0 unspecified atom stereocenters. The minimum Gasteiger partial charge on any atom is -0.326 e. The monoisotopic (exact) mass is 370 g/mol. The lowest BCUT2D eigenvalue weighted by Crippen LogP contribution is -2.24. The van der Waals surface area contributed by atoms with Crippen LogP contribution in [0.5, 0.6) is 0 Å². The highest BCUT2D eigenvalue weighted by atomic mass is 35.5. The average Bonchev–Trinajstić information content (AvgIpc) is 3.00. The van der Waals surface area contributed by atoms with Gasteiger partial charge in [-0.25, -0.2) is 0 Å². The van der Waals surface area contributed by atoms with Crippen LogP contribution in [0.25, 0.3) is 0 Å². The van der Waals surface area contributed by atoms with Crippen LogP contribution in [-0.4, -0.2) is 18.4 Å². The molecule has 0 spiro atoms. The highest BCUT2D eigenvalue weighted by Crippen LogP contribution is 2.31. The Morgan fingerprint density at radius 3 is 2.65 bits per heavy atom. The maximum Gasteiger partial charge on any atom is 0.227 e. The number of hydrogen-bond donors (Lipinski definition) is 1. The van der Waals surface area contributed by atoms with Crippen molar-refractivity contribution in [1.82, 2.24) is 0 Å². The fraction of sp³-hybridized carbons (Fsp3) is 0.333. The molecule has 0 aromatic heterocycles. The van der Waals surface area contributed by atoms with E-state index in [-0.39, 0.29) is 11.8 Å². The van der Waals surface area contributed by atoms with Crippen molar-refractivity contribution in [2.24, 2.45) is 0 Å². The minimum atomic E-state index is -0.0500. The third-order valence-electron chi connectivity index (χ3n) is 4.72. The second kappa shape index (κ2) is 7.92. The summed E-state index contributed by atoms with van der Waals surface area (Å²) in [6.45, 7) is 4.82. The maximum absolute atomic E-state index is 12.2. The van der Waals surface area contributed by atoms with Crippen LogP contribution in [0.15, 0.2) is 36.4 Å². The Morgan fingerprint density at radius 2 is 2.00 bits per heavy atom. The summed E-state index contributed by atoms with van der Waals surface area (Å²) in [5.41, 5.74) is 4.98. The third kappa shape index (κ3) is 4.25. The topological polar surface area (TPSA) is 49.4 Å². The largest absolute Gasteiger partial charge is 0.326 e. The number of nitrogens with one attached hydrogen (secondary N) is 1. The third-order valence-corrected chi connectivity index (χ3v) is 5.02. The highest BCUT2D eigenvalue weighted by Gasteiger charge is 2.23. The summed E-state index contributed by atoms with van der Waals surface area (Å²) < 4.78 is 0. The number of hydrogen-bond acceptors (Lipinski definition) is 2. The molecular weight excluding hydrogens is 348 g/mol. The first-order valence-corrected chi connectivity index (χ1v) is 9.28. The molecule has 2 amide bonds. The fourth-order valence-corrected chi connectivity index (χ4v) is 3.59. The Hall–Kier alpha value is -2.33. The Balaban J connectivity index is 1.60. The molecule has 0 bridgehead atoms. The molecule has 1 N–H and O–H groups in total. The first kappa shape index (κ1) is 18.5. The van der Waals surface area contributed by atoms with Crippen molar-refractivity contribution in [3.63, 3.8) is 0 Å². The van der Waals surface area contributed by atoms with Gasteiger partial charge in [0.15, 0.2) is 0 Å². The van der Waals surface area contributed by atoms with E-state index in [4.69, 9.17) is 11.6 Å². The lowest BCUT2D eigenvalue weighted by Gasteiger charge is -2.18. The normalized spacial score (nSPS) is 14.0. The van der Waals surface area contributed by atoms with Crippen molar-refractivity contribution >= 4 is 34.8 Å². The molecule has 26 heavy (non-hydrogen) atoms. The van der Waals surface area contributed by atoms with E-state index in [9.17, 15) is 9.59 Å². The highest BCUT2D eigenvalue weighted by molar-refractivity contribution is 6.34. The number of carbonyl (C=O) groups excluding carboxylic acids is 2. The Kier molecular flexibility index (Phi) is 5.62. The van der Waals surface area contributed by atoms with Crippen LogP contribution >= 0.6 is 11.6 Å². The van der Waals surface area contributed by atoms with Crippen LogP contribution in [-0.2, 0) is 16.0 Å². The maximum atomic E-state index is 12.2. The van der Waals surface area contributed by atoms with Gasteiger partial charge in [-0.05, 0) is 56.0 Å². The second-order valence-electron chi connectivity index (χ2n) is 6.79. The number of benzene rings is 2. The number of anilines is 2. The molecule has 2 aromatic carbocycles. The molecule has 1 heterocycles. The number of amides is 2. The number of rotatable bonds is 5. The van der Waals surface area contributed by atoms with Crippen LogP contribution < -0.4 is 10.2 Å². The van der Waals surface area contributed by atoms with E-state index in [2.05, 4.69) is 37.4 Å². The van der Waals surface area contributed by atoms with Gasteiger partial charge in [-0.1, -0.05) is 35.4 Å². The lowest BCUT2D eigenvalue weighted by atomic mass is 10.0. The molecule has 0 atom stereocenters. The predicted octanol–water partition coefficient (Wildman–Crippen LogP) is 4.65. The Bertz CT molecular complexity index is 848. The summed E-state index contributed by atoms with van der Waals surface area (Å²) in [4.78, 5) is 25.8. The summed E-state index contributed by atoms with van der Waals surface area (Å²) in [6, 6.07) is 11.6. The molecule has 1 aliphatic heterocycles. The van der Waals surface area contributed by atoms with Gasteiger partial charge in [0.25, 0.3) is 0 Å². The van der Waals surface area contributed by atoms with E-state index < -0.39 is 0 Å². The van der Waals surface area contributed by atoms with Gasteiger partial charge < -0.3 is 10.2 Å². The number of nitrogens with zero attached hydrogens (tertiary/aromatic N) is 1. The van der Waals surface area contributed by atoms with Crippen molar-refractivity contribution in [3.05, 3.63) is 58.1 Å². The zero-order chi connectivity index (χ0) is 18.7. The lowest BCUT2D eigenvalue weighted by molar-refractivity contribution is -0.117. The smallest absolute Gasteiger partial charge is 0.227 e. The SMILES string of the molecule is Cc1ccc(CCC(=O)Nc2ccc(N3CCCC3=O)c(Cl)c2)c(C)c1. The van der Waals surface area contributed by atoms with Gasteiger partial charge in [-0.2, -0.15) is 0 Å². The van der Waals surface area contributed by atoms with Gasteiger partial charge in [-0.3, -0.25) is 9.59 Å². The van der Waals surface area contributed by atoms with Crippen LogP contribution in [0.3, 0.4) is 0 Å². The van der Waals surface area contributed by atoms with Crippen LogP contribution in [0.1, 0.15) is 36.0 Å². The zero-order valence-corrected chi connectivity index (χ0v) is 15.9. The van der Waals surface area contributed by atoms with Crippen LogP contribution in [0.2, 0.25) is 5.02 Å². The summed E-state index contributed by atoms with van der Waals surface area (Å²) in [5.74, 6) is 0.0446. The molecule has 1 saturated heterocycles. The fourth-order valence-electron chi connectivity index (χ4n) is 3.30. The molecule has 4 nitrogen and oxygen atoms in total. The van der Waals surface area contributed by atoms with E-state index in [1.807, 2.05) is 0 Å². The standard InChI is InChI=1S/C21H23ClN2O2/c1-14-5-6-16(15(2)12-14)7-10-20(25)23-17-8-9-19(18(22)13-17)24-11-3-4-21(24)26/h5-6,8-9,12-13H,3-4,7,10-11H2,1-2H3,(H,23,25). The molecular formula is C21H23ClN2O2. The zero-order valence-electron chi connectivity index (χ0n) is 15.1. The molecule has 3 rings (SSSR count). The minimum absolute atomic E-state index is 0.0500. The number of aryl methyl sites for hydroxylation is 3. The van der Waals surface area contributed by atoms with Gasteiger partial charge in [0.1, 0.15) is 0 Å². The quantitative estimate of drug-likeness (QED) is 0.832. The Labute approximate surface area is 159 Å². The first-order valence-electron chi connectivity index (χ1n) is 8.90. The van der Waals surface area contributed by atoms with Crippen molar-refractivity contribution in [1.29, 1.82) is 0 Å². The van der Waals surface area contributed by atoms with Crippen molar-refractivity contribution in [2.45, 2.75) is 39.5 Å². The van der Waals surface area contributed by atoms with E-state index in [1.54, 1.807) is 23.1 Å². The molecule has 1 fully saturated rings. The molecule has 1 aliphatic rings. The molecule has 5 heteroatoms. The van der Waals surface area contributed by atoms with Crippen LogP contribution in [0, 0.1) is 13.8 Å². The first-order chi connectivity index (χ1) is 12.4. The summed E-state index contributed by atoms with van der Waals surface area (Å²) in [6.07, 6.45) is 2.53. The van der Waals surface area contributed by atoms with E-state index in [1.165, 1.54) is 16.7 Å². The molecule has 0 aliphatic carbocycles. The van der Waals surface area contributed by atoms with Gasteiger partial charge in [0.2, 0.25) is 11.8 Å². The number of halogens is 1. The van der Waals surface area contributed by atoms with E-state index in [0.29, 0.717) is 42.2 Å². The van der Waals surface area contributed by atoms with Crippen molar-refractivity contribution < 1.29 is 9.59 Å². The molecule has 0 radical (unpaired) electrons. The van der Waals surface area contributed by atoms with Crippen molar-refractivity contribution in [3.8, 4) is 0 Å². The summed E-state index contributed by atoms with van der Waals surface area (Å²) in [7, 11) is 0. The number of carbonyl (C=O) groups is 2. The van der Waals surface area contributed by atoms with E-state index in [0.717, 1.165) is 6.42 Å². The summed E-state index contributed by atoms with van der Waals surface area (Å²) in [5, 5.41) is 3.37. The van der Waals surface area contributed by atoms with E-state index >= 15 is 0 Å².